The van der Waals surface area contributed by atoms with Crippen LogP contribution in [0.2, 0.25) is 0 Å². The van der Waals surface area contributed by atoms with Crippen molar-refractivity contribution < 1.29 is 14.6 Å². The van der Waals surface area contributed by atoms with E-state index in [1.165, 1.54) is 5.56 Å². The summed E-state index contributed by atoms with van der Waals surface area (Å²) in [6, 6.07) is 18.5. The van der Waals surface area contributed by atoms with Crippen LogP contribution in [0.3, 0.4) is 0 Å². The molecule has 2 aromatic carbocycles. The number of benzene rings is 2. The molecule has 0 aromatic heterocycles. The Balaban J connectivity index is 1.41. The molecule has 0 radical (unpaired) electrons. The fraction of sp³-hybridized carbons (Fsp3) is 0.519. The number of carbonyl (C=O) groups excluding carboxylic acids is 1. The van der Waals surface area contributed by atoms with Crippen molar-refractivity contribution >= 4 is 6.09 Å². The zero-order valence-electron chi connectivity index (χ0n) is 19.0. The molecule has 0 spiro atoms. The molecular weight excluding hydrogens is 386 g/mol. The summed E-state index contributed by atoms with van der Waals surface area (Å²) in [5, 5.41) is 11.5. The third kappa shape index (κ3) is 5.12. The molecule has 1 N–H and O–H groups in total. The lowest BCUT2D eigenvalue weighted by Gasteiger charge is -2.51. The van der Waals surface area contributed by atoms with E-state index in [4.69, 9.17) is 4.74 Å². The standard InChI is InChI=1S/C27H35NO3/c1-26(2,3)22-14-12-20(13-15-22)16-27(30)17-23-10-7-11-24(18-27)28(23)25(29)31-19-21-8-5-4-6-9-21/h4-6,8-9,12-15,23-24,30H,7,10-11,16-19H2,1-3H3. The van der Waals surface area contributed by atoms with E-state index >= 15 is 0 Å². The molecule has 2 atom stereocenters. The summed E-state index contributed by atoms with van der Waals surface area (Å²) in [4.78, 5) is 14.8. The summed E-state index contributed by atoms with van der Waals surface area (Å²) < 4.78 is 5.64. The normalized spacial score (nSPS) is 25.9. The first-order valence-corrected chi connectivity index (χ1v) is 11.5. The maximum Gasteiger partial charge on any atom is 0.410 e. The van der Waals surface area contributed by atoms with Gasteiger partial charge in [0.2, 0.25) is 0 Å². The van der Waals surface area contributed by atoms with Crippen LogP contribution in [-0.2, 0) is 23.2 Å². The molecular formula is C27H35NO3. The van der Waals surface area contributed by atoms with E-state index in [0.717, 1.165) is 30.4 Å². The zero-order valence-corrected chi connectivity index (χ0v) is 19.0. The van der Waals surface area contributed by atoms with Crippen molar-refractivity contribution in [2.75, 3.05) is 0 Å². The Morgan fingerprint density at radius 1 is 1.00 bits per heavy atom. The quantitative estimate of drug-likeness (QED) is 0.698. The van der Waals surface area contributed by atoms with Crippen molar-refractivity contribution in [3.8, 4) is 0 Å². The van der Waals surface area contributed by atoms with Crippen LogP contribution >= 0.6 is 0 Å². The second-order valence-corrected chi connectivity index (χ2v) is 10.4. The molecule has 0 saturated carbocycles. The lowest BCUT2D eigenvalue weighted by atomic mass is 9.73. The minimum Gasteiger partial charge on any atom is -0.445 e. The van der Waals surface area contributed by atoms with Crippen molar-refractivity contribution in [3.63, 3.8) is 0 Å². The lowest BCUT2D eigenvalue weighted by Crippen LogP contribution is -2.60. The highest BCUT2D eigenvalue weighted by molar-refractivity contribution is 5.69. The monoisotopic (exact) mass is 421 g/mol. The summed E-state index contributed by atoms with van der Waals surface area (Å²) in [5.41, 5.74) is 2.81. The molecule has 31 heavy (non-hydrogen) atoms. The summed E-state index contributed by atoms with van der Waals surface area (Å²) >= 11 is 0. The van der Waals surface area contributed by atoms with E-state index in [9.17, 15) is 9.90 Å². The van der Waals surface area contributed by atoms with Crippen LogP contribution < -0.4 is 0 Å². The van der Waals surface area contributed by atoms with Crippen molar-refractivity contribution in [3.05, 3.63) is 71.3 Å². The SMILES string of the molecule is CC(C)(C)c1ccc(CC2(O)CC3CCCC(C2)N3C(=O)OCc2ccccc2)cc1. The molecule has 1 amide bonds. The van der Waals surface area contributed by atoms with Gasteiger partial charge >= 0.3 is 6.09 Å². The minimum atomic E-state index is -0.769. The lowest BCUT2D eigenvalue weighted by molar-refractivity contribution is -0.0845. The topological polar surface area (TPSA) is 49.8 Å². The molecule has 2 aliphatic rings. The molecule has 2 aromatic rings. The van der Waals surface area contributed by atoms with Crippen LogP contribution in [-0.4, -0.2) is 33.8 Å². The number of hydrogen-bond donors (Lipinski definition) is 1. The van der Waals surface area contributed by atoms with E-state index in [2.05, 4.69) is 45.0 Å². The van der Waals surface area contributed by atoms with Gasteiger partial charge in [-0.2, -0.15) is 0 Å². The molecule has 2 fully saturated rings. The summed E-state index contributed by atoms with van der Waals surface area (Å²) in [7, 11) is 0. The number of carbonyl (C=O) groups is 1. The Hall–Kier alpha value is -2.33. The molecule has 4 heteroatoms. The van der Waals surface area contributed by atoms with Crippen LogP contribution in [0.1, 0.15) is 69.6 Å². The van der Waals surface area contributed by atoms with Crippen molar-refractivity contribution in [2.24, 2.45) is 0 Å². The van der Waals surface area contributed by atoms with Crippen LogP contribution in [0.15, 0.2) is 54.6 Å². The zero-order chi connectivity index (χ0) is 22.1. The van der Waals surface area contributed by atoms with E-state index in [1.807, 2.05) is 35.2 Å². The molecule has 4 rings (SSSR count). The largest absolute Gasteiger partial charge is 0.445 e. The van der Waals surface area contributed by atoms with Crippen molar-refractivity contribution in [1.82, 2.24) is 4.90 Å². The van der Waals surface area contributed by atoms with E-state index in [-0.39, 0.29) is 23.6 Å². The third-order valence-electron chi connectivity index (χ3n) is 6.86. The molecule has 2 saturated heterocycles. The smallest absolute Gasteiger partial charge is 0.410 e. The Morgan fingerprint density at radius 3 is 2.19 bits per heavy atom. The van der Waals surface area contributed by atoms with E-state index in [1.54, 1.807) is 0 Å². The highest BCUT2D eigenvalue weighted by atomic mass is 16.6. The summed E-state index contributed by atoms with van der Waals surface area (Å²) in [5.74, 6) is 0. The second kappa shape index (κ2) is 8.66. The molecule has 4 nitrogen and oxygen atoms in total. The predicted molar refractivity (Wildman–Crippen MR) is 123 cm³/mol. The Labute approximate surface area is 186 Å². The van der Waals surface area contributed by atoms with Gasteiger partial charge in [-0.1, -0.05) is 75.4 Å². The molecule has 2 unspecified atom stereocenters. The summed E-state index contributed by atoms with van der Waals surface area (Å²) in [6.07, 6.45) is 4.60. The molecule has 2 bridgehead atoms. The van der Waals surface area contributed by atoms with Gasteiger partial charge in [-0.25, -0.2) is 4.79 Å². The number of amides is 1. The molecule has 2 aliphatic heterocycles. The minimum absolute atomic E-state index is 0.0506. The van der Waals surface area contributed by atoms with Crippen molar-refractivity contribution in [1.29, 1.82) is 0 Å². The van der Waals surface area contributed by atoms with Gasteiger partial charge in [0.1, 0.15) is 6.61 Å². The number of nitrogens with zero attached hydrogens (tertiary/aromatic N) is 1. The van der Waals surface area contributed by atoms with Crippen LogP contribution in [0.4, 0.5) is 4.79 Å². The fourth-order valence-corrected chi connectivity index (χ4v) is 5.27. The third-order valence-corrected chi connectivity index (χ3v) is 6.86. The van der Waals surface area contributed by atoms with Crippen LogP contribution in [0, 0.1) is 0 Å². The van der Waals surface area contributed by atoms with Crippen LogP contribution in [0.5, 0.6) is 0 Å². The Bertz CT molecular complexity index is 871. The maximum absolute atomic E-state index is 12.9. The second-order valence-electron chi connectivity index (χ2n) is 10.4. The first-order chi connectivity index (χ1) is 14.7. The van der Waals surface area contributed by atoms with Crippen molar-refractivity contribution in [2.45, 2.75) is 89.0 Å². The number of piperidine rings is 2. The first kappa shape index (κ1) is 21.9. The summed E-state index contributed by atoms with van der Waals surface area (Å²) in [6.45, 7) is 6.93. The van der Waals surface area contributed by atoms with Gasteiger partial charge in [-0.3, -0.25) is 0 Å². The predicted octanol–water partition coefficient (Wildman–Crippen LogP) is 5.61. The fourth-order valence-electron chi connectivity index (χ4n) is 5.27. The number of fused-ring (bicyclic) bond motifs is 2. The van der Waals surface area contributed by atoms with E-state index < -0.39 is 5.60 Å². The highest BCUT2D eigenvalue weighted by Crippen LogP contribution is 2.41. The van der Waals surface area contributed by atoms with Gasteiger partial charge in [-0.15, -0.1) is 0 Å². The van der Waals surface area contributed by atoms with E-state index in [0.29, 0.717) is 25.9 Å². The number of aliphatic hydroxyl groups is 1. The van der Waals surface area contributed by atoms with Gasteiger partial charge in [0.05, 0.1) is 5.60 Å². The van der Waals surface area contributed by atoms with Crippen LogP contribution in [0.25, 0.3) is 0 Å². The van der Waals surface area contributed by atoms with Gasteiger partial charge in [-0.05, 0) is 54.2 Å². The Morgan fingerprint density at radius 2 is 1.61 bits per heavy atom. The Kier molecular flexibility index (Phi) is 6.11. The number of hydrogen-bond acceptors (Lipinski definition) is 3. The average molecular weight is 422 g/mol. The molecule has 166 valence electrons. The molecule has 0 aliphatic carbocycles. The highest BCUT2D eigenvalue weighted by Gasteiger charge is 2.47. The number of rotatable bonds is 4. The maximum atomic E-state index is 12.9. The van der Waals surface area contributed by atoms with Gasteiger partial charge in [0.15, 0.2) is 0 Å². The average Bonchev–Trinajstić information content (AvgIpc) is 2.72. The van der Waals surface area contributed by atoms with Gasteiger partial charge < -0.3 is 14.7 Å². The molecule has 2 heterocycles. The first-order valence-electron chi connectivity index (χ1n) is 11.5. The number of ether oxygens (including phenoxy) is 1. The van der Waals surface area contributed by atoms with Gasteiger partial charge in [0, 0.05) is 18.5 Å². The van der Waals surface area contributed by atoms with Gasteiger partial charge in [0.25, 0.3) is 0 Å².